The van der Waals surface area contributed by atoms with Crippen LogP contribution in [0.4, 0.5) is 0 Å². The monoisotopic (exact) mass is 250 g/mol. The summed E-state index contributed by atoms with van der Waals surface area (Å²) in [6, 6.07) is 3.87. The lowest BCUT2D eigenvalue weighted by atomic mass is 9.81. The van der Waals surface area contributed by atoms with Crippen LogP contribution in [-0.2, 0) is 16.0 Å². The Morgan fingerprint density at radius 1 is 1.06 bits per heavy atom. The molecule has 0 heterocycles. The highest BCUT2D eigenvalue weighted by Crippen LogP contribution is 2.28. The zero-order valence-electron chi connectivity index (χ0n) is 11.1. The van der Waals surface area contributed by atoms with Gasteiger partial charge in [0.25, 0.3) is 0 Å². The summed E-state index contributed by atoms with van der Waals surface area (Å²) in [6.45, 7) is 6.95. The van der Waals surface area contributed by atoms with Gasteiger partial charge >= 0.3 is 11.9 Å². The number of carboxylic acids is 2. The molecule has 1 rings (SSSR count). The first kappa shape index (κ1) is 14.2. The van der Waals surface area contributed by atoms with Crippen LogP contribution in [-0.4, -0.2) is 22.2 Å². The van der Waals surface area contributed by atoms with Crippen molar-refractivity contribution in [2.75, 3.05) is 0 Å². The Morgan fingerprint density at radius 2 is 1.44 bits per heavy atom. The van der Waals surface area contributed by atoms with E-state index in [0.717, 1.165) is 22.3 Å². The average molecular weight is 250 g/mol. The minimum absolute atomic E-state index is 0.00435. The van der Waals surface area contributed by atoms with Crippen LogP contribution in [0.15, 0.2) is 12.1 Å². The summed E-state index contributed by atoms with van der Waals surface area (Å²) in [5, 5.41) is 18.2. The smallest absolute Gasteiger partial charge is 0.321 e. The maximum Gasteiger partial charge on any atom is 0.321 e. The minimum atomic E-state index is -1.79. The Kier molecular flexibility index (Phi) is 3.79. The molecule has 4 nitrogen and oxygen atoms in total. The van der Waals surface area contributed by atoms with Crippen LogP contribution in [0.5, 0.6) is 0 Å². The largest absolute Gasteiger partial charge is 0.480 e. The molecule has 0 aliphatic carbocycles. The molecule has 0 aliphatic rings. The Bertz CT molecular complexity index is 466. The van der Waals surface area contributed by atoms with Crippen LogP contribution in [0.25, 0.3) is 0 Å². The molecular weight excluding hydrogens is 232 g/mol. The molecule has 4 heteroatoms. The fourth-order valence-electron chi connectivity index (χ4n) is 2.09. The molecule has 0 atom stereocenters. The Labute approximate surface area is 106 Å². The maximum absolute atomic E-state index is 11.2. The first-order chi connectivity index (χ1) is 8.18. The van der Waals surface area contributed by atoms with E-state index in [0.29, 0.717) is 0 Å². The highest BCUT2D eigenvalue weighted by molar-refractivity contribution is 5.98. The van der Waals surface area contributed by atoms with Crippen molar-refractivity contribution in [3.63, 3.8) is 0 Å². The van der Waals surface area contributed by atoms with Crippen LogP contribution in [0.2, 0.25) is 0 Å². The van der Waals surface area contributed by atoms with Crippen LogP contribution in [0, 0.1) is 26.2 Å². The van der Waals surface area contributed by atoms with Gasteiger partial charge in [0.1, 0.15) is 0 Å². The third-order valence-corrected chi connectivity index (χ3v) is 3.31. The Hall–Kier alpha value is -1.84. The van der Waals surface area contributed by atoms with E-state index in [2.05, 4.69) is 0 Å². The summed E-state index contributed by atoms with van der Waals surface area (Å²) in [7, 11) is 0. The summed E-state index contributed by atoms with van der Waals surface area (Å²) in [4.78, 5) is 22.4. The van der Waals surface area contributed by atoms with Crippen molar-refractivity contribution in [1.29, 1.82) is 0 Å². The number of rotatable bonds is 4. The molecule has 0 unspecified atom stereocenters. The van der Waals surface area contributed by atoms with Crippen LogP contribution in [0.1, 0.15) is 29.2 Å². The SMILES string of the molecule is Cc1cc(C)c(CC(C)(C(=O)O)C(=O)O)c(C)c1. The summed E-state index contributed by atoms with van der Waals surface area (Å²) >= 11 is 0. The molecule has 0 aromatic heterocycles. The quantitative estimate of drug-likeness (QED) is 0.804. The molecule has 18 heavy (non-hydrogen) atoms. The van der Waals surface area contributed by atoms with Gasteiger partial charge in [-0.25, -0.2) is 0 Å². The number of hydrogen-bond donors (Lipinski definition) is 2. The van der Waals surface area contributed by atoms with Gasteiger partial charge in [-0.1, -0.05) is 17.7 Å². The molecule has 0 aliphatic heterocycles. The number of benzene rings is 1. The van der Waals surface area contributed by atoms with Crippen molar-refractivity contribution in [3.05, 3.63) is 34.4 Å². The van der Waals surface area contributed by atoms with Gasteiger partial charge in [-0.2, -0.15) is 0 Å². The topological polar surface area (TPSA) is 74.6 Å². The lowest BCUT2D eigenvalue weighted by Gasteiger charge is -2.22. The summed E-state index contributed by atoms with van der Waals surface area (Å²) in [6.07, 6.45) is -0.00435. The molecule has 1 aromatic carbocycles. The van der Waals surface area contributed by atoms with Crippen LogP contribution < -0.4 is 0 Å². The molecule has 98 valence electrons. The Morgan fingerprint density at radius 3 is 1.78 bits per heavy atom. The van der Waals surface area contributed by atoms with E-state index in [9.17, 15) is 9.59 Å². The van der Waals surface area contributed by atoms with E-state index in [1.54, 1.807) is 0 Å². The molecule has 0 fully saturated rings. The second kappa shape index (κ2) is 4.80. The molecular formula is C14H18O4. The van der Waals surface area contributed by atoms with E-state index in [4.69, 9.17) is 10.2 Å². The molecule has 2 N–H and O–H groups in total. The highest BCUT2D eigenvalue weighted by atomic mass is 16.4. The van der Waals surface area contributed by atoms with Crippen molar-refractivity contribution >= 4 is 11.9 Å². The third-order valence-electron chi connectivity index (χ3n) is 3.31. The number of hydrogen-bond acceptors (Lipinski definition) is 2. The third kappa shape index (κ3) is 2.53. The summed E-state index contributed by atoms with van der Waals surface area (Å²) < 4.78 is 0. The Balaban J connectivity index is 3.26. The highest BCUT2D eigenvalue weighted by Gasteiger charge is 2.42. The fourth-order valence-corrected chi connectivity index (χ4v) is 2.09. The first-order valence-corrected chi connectivity index (χ1v) is 5.72. The van der Waals surface area contributed by atoms with E-state index in [1.165, 1.54) is 6.92 Å². The molecule has 0 bridgehead atoms. The summed E-state index contributed by atoms with van der Waals surface area (Å²) in [5.74, 6) is -2.62. The van der Waals surface area contributed by atoms with Gasteiger partial charge in [0.15, 0.2) is 5.41 Å². The van der Waals surface area contributed by atoms with Gasteiger partial charge in [-0.3, -0.25) is 9.59 Å². The second-order valence-corrected chi connectivity index (χ2v) is 5.00. The van der Waals surface area contributed by atoms with E-state index < -0.39 is 17.4 Å². The zero-order valence-corrected chi connectivity index (χ0v) is 11.1. The maximum atomic E-state index is 11.2. The van der Waals surface area contributed by atoms with Crippen LogP contribution in [0.3, 0.4) is 0 Å². The lowest BCUT2D eigenvalue weighted by molar-refractivity contribution is -0.163. The van der Waals surface area contributed by atoms with Crippen molar-refractivity contribution < 1.29 is 19.8 Å². The second-order valence-electron chi connectivity index (χ2n) is 5.00. The predicted molar refractivity (Wildman–Crippen MR) is 67.7 cm³/mol. The van der Waals surface area contributed by atoms with Gasteiger partial charge in [0.2, 0.25) is 0 Å². The van der Waals surface area contributed by atoms with Crippen LogP contribution >= 0.6 is 0 Å². The number of carbonyl (C=O) groups is 2. The molecule has 0 amide bonds. The van der Waals surface area contributed by atoms with Gasteiger partial charge in [0.05, 0.1) is 0 Å². The number of aryl methyl sites for hydroxylation is 3. The van der Waals surface area contributed by atoms with Gasteiger partial charge < -0.3 is 10.2 Å². The average Bonchev–Trinajstić information content (AvgIpc) is 2.22. The molecule has 0 radical (unpaired) electrons. The standard InChI is InChI=1S/C14H18O4/c1-8-5-9(2)11(10(3)6-8)7-14(4,12(15)16)13(17)18/h5-6H,7H2,1-4H3,(H,15,16)(H,17,18). The predicted octanol–water partition coefficient (Wildman–Crippen LogP) is 2.33. The lowest BCUT2D eigenvalue weighted by Crippen LogP contribution is -2.38. The van der Waals surface area contributed by atoms with Gasteiger partial charge in [-0.15, -0.1) is 0 Å². The molecule has 0 saturated heterocycles. The van der Waals surface area contributed by atoms with Crippen molar-refractivity contribution in [1.82, 2.24) is 0 Å². The molecule has 0 spiro atoms. The number of aliphatic carboxylic acids is 2. The number of carboxylic acid groups (broad SMARTS) is 2. The normalized spacial score (nSPS) is 11.3. The first-order valence-electron chi connectivity index (χ1n) is 5.72. The van der Waals surface area contributed by atoms with Crippen molar-refractivity contribution in [2.45, 2.75) is 34.1 Å². The van der Waals surface area contributed by atoms with E-state index in [1.807, 2.05) is 32.9 Å². The minimum Gasteiger partial charge on any atom is -0.480 e. The fraction of sp³-hybridized carbons (Fsp3) is 0.429. The zero-order chi connectivity index (χ0) is 14.1. The van der Waals surface area contributed by atoms with E-state index >= 15 is 0 Å². The molecule has 1 aromatic rings. The van der Waals surface area contributed by atoms with Gasteiger partial charge in [0, 0.05) is 0 Å². The van der Waals surface area contributed by atoms with Gasteiger partial charge in [-0.05, 0) is 50.8 Å². The van der Waals surface area contributed by atoms with Crippen molar-refractivity contribution in [2.24, 2.45) is 5.41 Å². The van der Waals surface area contributed by atoms with Crippen molar-refractivity contribution in [3.8, 4) is 0 Å². The van der Waals surface area contributed by atoms with E-state index in [-0.39, 0.29) is 6.42 Å². The molecule has 0 saturated carbocycles. The summed E-state index contributed by atoms with van der Waals surface area (Å²) in [5.41, 5.74) is 1.96.